The van der Waals surface area contributed by atoms with Crippen molar-refractivity contribution in [3.63, 3.8) is 0 Å². The van der Waals surface area contributed by atoms with Crippen molar-refractivity contribution in [2.24, 2.45) is 5.92 Å². The molecule has 0 heterocycles. The quantitative estimate of drug-likeness (QED) is 0.718. The molecule has 0 aliphatic rings. The van der Waals surface area contributed by atoms with Gasteiger partial charge in [-0.1, -0.05) is 43.1 Å². The van der Waals surface area contributed by atoms with E-state index in [2.05, 4.69) is 25.2 Å². The third-order valence-electron chi connectivity index (χ3n) is 2.97. The highest BCUT2D eigenvalue weighted by molar-refractivity contribution is 6.42. The van der Waals surface area contributed by atoms with Crippen LogP contribution in [0.5, 0.6) is 0 Å². The van der Waals surface area contributed by atoms with Crippen LogP contribution in [0.4, 0.5) is 0 Å². The van der Waals surface area contributed by atoms with Crippen molar-refractivity contribution in [1.29, 1.82) is 0 Å². The second-order valence-corrected chi connectivity index (χ2v) is 5.35. The molecule has 1 aromatic carbocycles. The first-order chi connectivity index (χ1) is 8.13. The Bertz CT molecular complexity index is 339. The fourth-order valence-electron chi connectivity index (χ4n) is 1.78. The minimum absolute atomic E-state index is 0.635. The van der Waals surface area contributed by atoms with Gasteiger partial charge in [-0.3, -0.25) is 0 Å². The van der Waals surface area contributed by atoms with E-state index in [1.165, 1.54) is 18.4 Å². The third kappa shape index (κ3) is 5.76. The van der Waals surface area contributed by atoms with E-state index >= 15 is 0 Å². The second-order valence-electron chi connectivity index (χ2n) is 4.53. The van der Waals surface area contributed by atoms with Crippen molar-refractivity contribution < 1.29 is 0 Å². The third-order valence-corrected chi connectivity index (χ3v) is 3.71. The largest absolute Gasteiger partial charge is 0.317 e. The topological polar surface area (TPSA) is 12.0 Å². The average Bonchev–Trinajstić information content (AvgIpc) is 2.31. The Labute approximate surface area is 115 Å². The molecule has 1 aromatic rings. The standard InChI is InChI=1S/C14H21Cl2N/c1-3-17-9-8-11(2)4-5-12-6-7-13(15)14(16)10-12/h6-7,10-11,17H,3-5,8-9H2,1-2H3. The van der Waals surface area contributed by atoms with Crippen molar-refractivity contribution >= 4 is 23.2 Å². The van der Waals surface area contributed by atoms with Gasteiger partial charge in [-0.05, 0) is 56.0 Å². The van der Waals surface area contributed by atoms with E-state index < -0.39 is 0 Å². The van der Waals surface area contributed by atoms with Crippen molar-refractivity contribution in [2.75, 3.05) is 13.1 Å². The van der Waals surface area contributed by atoms with Gasteiger partial charge in [0.05, 0.1) is 10.0 Å². The van der Waals surface area contributed by atoms with Crippen molar-refractivity contribution in [1.82, 2.24) is 5.32 Å². The summed E-state index contributed by atoms with van der Waals surface area (Å²) in [5.74, 6) is 0.739. The van der Waals surface area contributed by atoms with Gasteiger partial charge in [-0.25, -0.2) is 0 Å². The maximum absolute atomic E-state index is 5.99. The normalized spacial score (nSPS) is 12.7. The molecule has 1 unspecified atom stereocenters. The first kappa shape index (κ1) is 14.8. The molecular formula is C14H21Cl2N. The molecule has 0 spiro atoms. The molecule has 1 rings (SSSR count). The Balaban J connectivity index is 2.31. The molecule has 1 nitrogen and oxygen atoms in total. The van der Waals surface area contributed by atoms with Crippen LogP contribution in [0.15, 0.2) is 18.2 Å². The number of halogens is 2. The lowest BCUT2D eigenvalue weighted by Gasteiger charge is -2.11. The van der Waals surface area contributed by atoms with Crippen LogP contribution in [0.1, 0.15) is 32.3 Å². The summed E-state index contributed by atoms with van der Waals surface area (Å²) in [5.41, 5.74) is 1.27. The zero-order valence-corrected chi connectivity index (χ0v) is 12.1. The molecule has 0 bridgehead atoms. The van der Waals surface area contributed by atoms with E-state index in [4.69, 9.17) is 23.2 Å². The zero-order chi connectivity index (χ0) is 12.7. The molecule has 3 heteroatoms. The average molecular weight is 274 g/mol. The Hall–Kier alpha value is -0.240. The lowest BCUT2D eigenvalue weighted by atomic mass is 9.98. The van der Waals surface area contributed by atoms with E-state index in [0.717, 1.165) is 25.4 Å². The monoisotopic (exact) mass is 273 g/mol. The van der Waals surface area contributed by atoms with Crippen molar-refractivity contribution in [2.45, 2.75) is 33.1 Å². The van der Waals surface area contributed by atoms with E-state index in [1.54, 1.807) is 0 Å². The van der Waals surface area contributed by atoms with Gasteiger partial charge in [-0.15, -0.1) is 0 Å². The number of hydrogen-bond donors (Lipinski definition) is 1. The number of rotatable bonds is 7. The molecule has 0 saturated heterocycles. The van der Waals surface area contributed by atoms with E-state index in [0.29, 0.717) is 10.0 Å². The van der Waals surface area contributed by atoms with Crippen LogP contribution >= 0.6 is 23.2 Å². The lowest BCUT2D eigenvalue weighted by Crippen LogP contribution is -2.16. The van der Waals surface area contributed by atoms with Crippen LogP contribution in [0.2, 0.25) is 10.0 Å². The molecule has 0 amide bonds. The van der Waals surface area contributed by atoms with Gasteiger partial charge in [-0.2, -0.15) is 0 Å². The van der Waals surface area contributed by atoms with Crippen LogP contribution in [-0.2, 0) is 6.42 Å². The van der Waals surface area contributed by atoms with E-state index in [9.17, 15) is 0 Å². The SMILES string of the molecule is CCNCCC(C)CCc1ccc(Cl)c(Cl)c1. The molecule has 17 heavy (non-hydrogen) atoms. The molecule has 0 radical (unpaired) electrons. The molecule has 0 aliphatic carbocycles. The Morgan fingerprint density at radius 1 is 1.18 bits per heavy atom. The maximum Gasteiger partial charge on any atom is 0.0595 e. The van der Waals surface area contributed by atoms with Crippen LogP contribution in [0.3, 0.4) is 0 Å². The van der Waals surface area contributed by atoms with Crippen LogP contribution in [0.25, 0.3) is 0 Å². The summed E-state index contributed by atoms with van der Waals surface area (Å²) in [6.45, 7) is 6.60. The van der Waals surface area contributed by atoms with Gasteiger partial charge >= 0.3 is 0 Å². The summed E-state index contributed by atoms with van der Waals surface area (Å²) in [6.07, 6.45) is 3.50. The summed E-state index contributed by atoms with van der Waals surface area (Å²) in [6, 6.07) is 5.91. The highest BCUT2D eigenvalue weighted by Gasteiger charge is 2.04. The van der Waals surface area contributed by atoms with Gasteiger partial charge in [0.2, 0.25) is 0 Å². The molecule has 0 aromatic heterocycles. The summed E-state index contributed by atoms with van der Waals surface area (Å²) in [5, 5.41) is 4.65. The summed E-state index contributed by atoms with van der Waals surface area (Å²) < 4.78 is 0. The van der Waals surface area contributed by atoms with Gasteiger partial charge in [0.15, 0.2) is 0 Å². The Kier molecular flexibility index (Phi) is 6.94. The van der Waals surface area contributed by atoms with Crippen molar-refractivity contribution in [3.8, 4) is 0 Å². The fraction of sp³-hybridized carbons (Fsp3) is 0.571. The Morgan fingerprint density at radius 2 is 1.94 bits per heavy atom. The summed E-state index contributed by atoms with van der Waals surface area (Å²) >= 11 is 11.9. The van der Waals surface area contributed by atoms with E-state index in [1.807, 2.05) is 12.1 Å². The highest BCUT2D eigenvalue weighted by Crippen LogP contribution is 2.24. The number of hydrogen-bond acceptors (Lipinski definition) is 1. The second kappa shape index (κ2) is 7.97. The molecule has 1 N–H and O–H groups in total. The Morgan fingerprint density at radius 3 is 2.59 bits per heavy atom. The molecule has 96 valence electrons. The van der Waals surface area contributed by atoms with Gasteiger partial charge < -0.3 is 5.32 Å². The molecule has 0 saturated carbocycles. The van der Waals surface area contributed by atoms with Crippen LogP contribution in [-0.4, -0.2) is 13.1 Å². The number of benzene rings is 1. The smallest absolute Gasteiger partial charge is 0.0595 e. The maximum atomic E-state index is 5.99. The molecule has 1 atom stereocenters. The van der Waals surface area contributed by atoms with Crippen molar-refractivity contribution in [3.05, 3.63) is 33.8 Å². The predicted octanol–water partition coefficient (Wildman–Crippen LogP) is 4.56. The van der Waals surface area contributed by atoms with Crippen LogP contribution in [0, 0.1) is 5.92 Å². The molecule has 0 aliphatic heterocycles. The number of aryl methyl sites for hydroxylation is 1. The predicted molar refractivity (Wildman–Crippen MR) is 77.1 cm³/mol. The summed E-state index contributed by atoms with van der Waals surface area (Å²) in [4.78, 5) is 0. The minimum atomic E-state index is 0.635. The summed E-state index contributed by atoms with van der Waals surface area (Å²) in [7, 11) is 0. The molecular weight excluding hydrogens is 253 g/mol. The van der Waals surface area contributed by atoms with Gasteiger partial charge in [0.1, 0.15) is 0 Å². The van der Waals surface area contributed by atoms with Crippen LogP contribution < -0.4 is 5.32 Å². The number of nitrogens with one attached hydrogen (secondary N) is 1. The van der Waals surface area contributed by atoms with E-state index in [-0.39, 0.29) is 0 Å². The van der Waals surface area contributed by atoms with Gasteiger partial charge in [0, 0.05) is 0 Å². The van der Waals surface area contributed by atoms with Gasteiger partial charge in [0.25, 0.3) is 0 Å². The zero-order valence-electron chi connectivity index (χ0n) is 10.6. The fourth-order valence-corrected chi connectivity index (χ4v) is 2.10. The highest BCUT2D eigenvalue weighted by atomic mass is 35.5. The first-order valence-corrected chi connectivity index (χ1v) is 7.03. The lowest BCUT2D eigenvalue weighted by molar-refractivity contribution is 0.474. The minimum Gasteiger partial charge on any atom is -0.317 e. The molecule has 0 fully saturated rings. The first-order valence-electron chi connectivity index (χ1n) is 6.28.